The molecule has 0 saturated heterocycles. The Morgan fingerprint density at radius 2 is 1.94 bits per heavy atom. The Morgan fingerprint density at radius 3 is 2.71 bits per heavy atom. The summed E-state index contributed by atoms with van der Waals surface area (Å²) in [6.45, 7) is 7.75. The van der Waals surface area contributed by atoms with Gasteiger partial charge in [-0.2, -0.15) is 0 Å². The van der Waals surface area contributed by atoms with E-state index in [1.807, 2.05) is 46.7 Å². The van der Waals surface area contributed by atoms with Crippen molar-refractivity contribution in [1.82, 2.24) is 19.7 Å². The van der Waals surface area contributed by atoms with Crippen LogP contribution in [0.15, 0.2) is 66.3 Å². The van der Waals surface area contributed by atoms with Crippen molar-refractivity contribution in [2.24, 2.45) is 0 Å². The molecule has 0 spiro atoms. The summed E-state index contributed by atoms with van der Waals surface area (Å²) in [6.07, 6.45) is 2.70. The number of nitrogens with zero attached hydrogens (tertiary/aromatic N) is 4. The van der Waals surface area contributed by atoms with Crippen molar-refractivity contribution in [3.8, 4) is 17.1 Å². The van der Waals surface area contributed by atoms with Gasteiger partial charge in [0.05, 0.1) is 17.9 Å². The van der Waals surface area contributed by atoms with Crippen molar-refractivity contribution in [1.29, 1.82) is 0 Å². The van der Waals surface area contributed by atoms with E-state index in [4.69, 9.17) is 4.74 Å². The second-order valence-electron chi connectivity index (χ2n) is 7.44. The van der Waals surface area contributed by atoms with Crippen LogP contribution in [0.5, 0.6) is 5.75 Å². The van der Waals surface area contributed by atoms with Crippen molar-refractivity contribution in [3.05, 3.63) is 72.3 Å². The number of fused-ring (bicyclic) bond motifs is 1. The molecule has 1 aliphatic rings. The topological polar surface area (TPSA) is 60.2 Å². The van der Waals surface area contributed by atoms with Crippen LogP contribution in [0.25, 0.3) is 11.4 Å². The van der Waals surface area contributed by atoms with Crippen LogP contribution in [0.3, 0.4) is 0 Å². The molecule has 7 heteroatoms. The lowest BCUT2D eigenvalue weighted by molar-refractivity contribution is -0.131. The Labute approximate surface area is 186 Å². The lowest BCUT2D eigenvalue weighted by Crippen LogP contribution is -2.40. The highest BCUT2D eigenvalue weighted by Gasteiger charge is 2.27. The van der Waals surface area contributed by atoms with Crippen molar-refractivity contribution in [2.45, 2.75) is 36.8 Å². The van der Waals surface area contributed by atoms with E-state index >= 15 is 0 Å². The van der Waals surface area contributed by atoms with Gasteiger partial charge in [0.15, 0.2) is 11.0 Å². The number of hydrogen-bond acceptors (Lipinski definition) is 5. The van der Waals surface area contributed by atoms with Gasteiger partial charge in [0.2, 0.25) is 5.91 Å². The summed E-state index contributed by atoms with van der Waals surface area (Å²) in [5.74, 6) is 1.55. The van der Waals surface area contributed by atoms with Crippen LogP contribution in [0.4, 0.5) is 0 Å². The maximum Gasteiger partial charge on any atom is 0.236 e. The average Bonchev–Trinajstić information content (AvgIpc) is 3.20. The zero-order valence-corrected chi connectivity index (χ0v) is 18.6. The predicted octanol–water partition coefficient (Wildman–Crippen LogP) is 4.21. The van der Waals surface area contributed by atoms with E-state index < -0.39 is 0 Å². The molecule has 0 bridgehead atoms. The fourth-order valence-electron chi connectivity index (χ4n) is 3.85. The summed E-state index contributed by atoms with van der Waals surface area (Å²) in [7, 11) is 1.64. The Hall–Kier alpha value is -3.06. The van der Waals surface area contributed by atoms with E-state index in [1.165, 1.54) is 22.9 Å². The number of rotatable bonds is 7. The molecule has 0 N–H and O–H groups in total. The first-order valence-electron chi connectivity index (χ1n) is 10.3. The SMILES string of the molecule is C=CCn1c(SC(C)C(=O)N2CCc3ccccc3C2)nnc1-c1ccccc1OC. The van der Waals surface area contributed by atoms with Crippen molar-refractivity contribution in [2.75, 3.05) is 13.7 Å². The number of amides is 1. The summed E-state index contributed by atoms with van der Waals surface area (Å²) >= 11 is 1.43. The van der Waals surface area contributed by atoms with Crippen molar-refractivity contribution in [3.63, 3.8) is 0 Å². The van der Waals surface area contributed by atoms with Crippen LogP contribution < -0.4 is 4.74 Å². The Kier molecular flexibility index (Phi) is 6.42. The zero-order valence-electron chi connectivity index (χ0n) is 17.8. The van der Waals surface area contributed by atoms with Crippen LogP contribution in [0.1, 0.15) is 18.1 Å². The Morgan fingerprint density at radius 1 is 1.19 bits per heavy atom. The molecular formula is C24H26N4O2S. The number of aromatic nitrogens is 3. The van der Waals surface area contributed by atoms with E-state index in [0.717, 1.165) is 24.3 Å². The van der Waals surface area contributed by atoms with E-state index in [2.05, 4.69) is 35.0 Å². The standard InChI is InChI=1S/C24H26N4O2S/c1-4-14-28-22(20-11-7-8-12-21(20)30-3)25-26-24(28)31-17(2)23(29)27-15-13-18-9-5-6-10-19(18)16-27/h4-12,17H,1,13-16H2,2-3H3. The summed E-state index contributed by atoms with van der Waals surface area (Å²) in [5, 5.41) is 9.22. The fraction of sp³-hybridized carbons (Fsp3) is 0.292. The monoisotopic (exact) mass is 434 g/mol. The fourth-order valence-corrected chi connectivity index (χ4v) is 4.79. The average molecular weight is 435 g/mol. The number of thioether (sulfide) groups is 1. The second kappa shape index (κ2) is 9.39. The minimum atomic E-state index is -0.274. The molecule has 1 amide bonds. The first kappa shape index (κ1) is 21.2. The summed E-state index contributed by atoms with van der Waals surface area (Å²) in [4.78, 5) is 15.1. The van der Waals surface area contributed by atoms with Gasteiger partial charge in [-0.3, -0.25) is 9.36 Å². The number of benzene rings is 2. The molecule has 2 aromatic carbocycles. The lowest BCUT2D eigenvalue weighted by Gasteiger charge is -2.30. The van der Waals surface area contributed by atoms with Gasteiger partial charge in [-0.1, -0.05) is 54.2 Å². The highest BCUT2D eigenvalue weighted by Crippen LogP contribution is 2.32. The van der Waals surface area contributed by atoms with Gasteiger partial charge in [0.25, 0.3) is 0 Å². The molecular weight excluding hydrogens is 408 g/mol. The molecule has 0 radical (unpaired) electrons. The minimum Gasteiger partial charge on any atom is -0.496 e. The van der Waals surface area contributed by atoms with Crippen LogP contribution in [0, 0.1) is 0 Å². The zero-order chi connectivity index (χ0) is 21.8. The van der Waals surface area contributed by atoms with Crippen molar-refractivity contribution >= 4 is 17.7 Å². The predicted molar refractivity (Wildman–Crippen MR) is 123 cm³/mol. The second-order valence-corrected chi connectivity index (χ2v) is 8.75. The molecule has 1 aromatic heterocycles. The van der Waals surface area contributed by atoms with Crippen LogP contribution >= 0.6 is 11.8 Å². The van der Waals surface area contributed by atoms with Crippen LogP contribution in [-0.4, -0.2) is 44.5 Å². The molecule has 4 rings (SSSR count). The number of carbonyl (C=O) groups is 1. The van der Waals surface area contributed by atoms with E-state index in [-0.39, 0.29) is 11.2 Å². The molecule has 3 aromatic rings. The molecule has 2 heterocycles. The maximum atomic E-state index is 13.2. The molecule has 0 fully saturated rings. The summed E-state index contributed by atoms with van der Waals surface area (Å²) in [5.41, 5.74) is 3.42. The molecule has 1 aliphatic heterocycles. The molecule has 6 nitrogen and oxygen atoms in total. The van der Waals surface area contributed by atoms with Gasteiger partial charge in [-0.15, -0.1) is 16.8 Å². The van der Waals surface area contributed by atoms with Crippen LogP contribution in [-0.2, 0) is 24.3 Å². The quantitative estimate of drug-likeness (QED) is 0.412. The molecule has 0 saturated carbocycles. The number of allylic oxidation sites excluding steroid dienone is 1. The maximum absolute atomic E-state index is 13.2. The van der Waals surface area contributed by atoms with E-state index in [1.54, 1.807) is 13.2 Å². The summed E-state index contributed by atoms with van der Waals surface area (Å²) in [6, 6.07) is 16.1. The minimum absolute atomic E-state index is 0.117. The van der Waals surface area contributed by atoms with Gasteiger partial charge >= 0.3 is 0 Å². The number of hydrogen-bond donors (Lipinski definition) is 0. The third kappa shape index (κ3) is 4.37. The summed E-state index contributed by atoms with van der Waals surface area (Å²) < 4.78 is 7.47. The number of carbonyl (C=O) groups excluding carboxylic acids is 1. The van der Waals surface area contributed by atoms with Gasteiger partial charge < -0.3 is 9.64 Å². The van der Waals surface area contributed by atoms with E-state index in [9.17, 15) is 4.79 Å². The third-order valence-corrected chi connectivity index (χ3v) is 6.52. The molecule has 160 valence electrons. The largest absolute Gasteiger partial charge is 0.496 e. The molecule has 31 heavy (non-hydrogen) atoms. The number of para-hydroxylation sites is 1. The van der Waals surface area contributed by atoms with Gasteiger partial charge in [-0.05, 0) is 36.6 Å². The smallest absolute Gasteiger partial charge is 0.236 e. The highest BCUT2D eigenvalue weighted by atomic mass is 32.2. The lowest BCUT2D eigenvalue weighted by atomic mass is 10.00. The Bertz CT molecular complexity index is 1090. The molecule has 1 atom stereocenters. The number of ether oxygens (including phenoxy) is 1. The van der Waals surface area contributed by atoms with Gasteiger partial charge in [-0.25, -0.2) is 0 Å². The number of methoxy groups -OCH3 is 1. The Balaban J connectivity index is 1.54. The third-order valence-electron chi connectivity index (χ3n) is 5.45. The highest BCUT2D eigenvalue weighted by molar-refractivity contribution is 8.00. The first-order valence-corrected chi connectivity index (χ1v) is 11.2. The van der Waals surface area contributed by atoms with Gasteiger partial charge in [0, 0.05) is 19.6 Å². The van der Waals surface area contributed by atoms with Gasteiger partial charge in [0.1, 0.15) is 5.75 Å². The molecule has 1 unspecified atom stereocenters. The first-order chi connectivity index (χ1) is 15.1. The van der Waals surface area contributed by atoms with Crippen molar-refractivity contribution < 1.29 is 9.53 Å². The van der Waals surface area contributed by atoms with E-state index in [0.29, 0.717) is 24.1 Å². The normalized spacial score (nSPS) is 14.1. The molecule has 0 aliphatic carbocycles. The van der Waals surface area contributed by atoms with Crippen LogP contribution in [0.2, 0.25) is 0 Å².